The van der Waals surface area contributed by atoms with E-state index in [0.29, 0.717) is 39.9 Å². The third kappa shape index (κ3) is 5.07. The van der Waals surface area contributed by atoms with Gasteiger partial charge in [0.15, 0.2) is 0 Å². The van der Waals surface area contributed by atoms with Gasteiger partial charge in [0, 0.05) is 34.9 Å². The van der Waals surface area contributed by atoms with Gasteiger partial charge in [0.25, 0.3) is 0 Å². The van der Waals surface area contributed by atoms with Crippen molar-refractivity contribution in [3.05, 3.63) is 58.5 Å². The summed E-state index contributed by atoms with van der Waals surface area (Å²) in [7, 11) is 1.12. The molecule has 3 aromatic rings. The molecule has 0 aliphatic heterocycles. The van der Waals surface area contributed by atoms with Crippen LogP contribution in [-0.2, 0) is 29.0 Å². The van der Waals surface area contributed by atoms with Gasteiger partial charge in [-0.25, -0.2) is 9.78 Å². The Morgan fingerprint density at radius 2 is 2.12 bits per heavy atom. The molecule has 10 heteroatoms. The maximum atomic E-state index is 12.2. The molecule has 1 unspecified atom stereocenters. The van der Waals surface area contributed by atoms with Crippen molar-refractivity contribution in [3.8, 4) is 17.2 Å². The average molecular weight is 472 g/mol. The van der Waals surface area contributed by atoms with Gasteiger partial charge in [-0.1, -0.05) is 26.0 Å². The van der Waals surface area contributed by atoms with Crippen LogP contribution >= 0.6 is 11.3 Å². The molecule has 0 N–H and O–H groups in total. The van der Waals surface area contributed by atoms with Crippen LogP contribution < -0.4 is 4.31 Å². The summed E-state index contributed by atoms with van der Waals surface area (Å²) in [6.45, 7) is 6.56. The third-order valence-corrected chi connectivity index (χ3v) is 6.71. The van der Waals surface area contributed by atoms with E-state index in [1.54, 1.807) is 18.3 Å². The molecule has 0 aliphatic carbocycles. The van der Waals surface area contributed by atoms with Crippen LogP contribution in [0.1, 0.15) is 35.7 Å². The molecule has 0 radical (unpaired) electrons. The quantitative estimate of drug-likeness (QED) is 0.472. The SMILES string of the molecule is COC(=O)N(c1sc(CC(C)C)cc1-c1ccc(Cn2ccnc2C)cc1C#N)S(=O)[O-]. The minimum atomic E-state index is -2.88. The monoisotopic (exact) mass is 471 g/mol. The van der Waals surface area contributed by atoms with E-state index in [1.807, 2.05) is 29.8 Å². The molecule has 32 heavy (non-hydrogen) atoms. The molecular formula is C22H23N4O4S2-. The van der Waals surface area contributed by atoms with Gasteiger partial charge in [-0.2, -0.15) is 9.57 Å². The normalized spacial score (nSPS) is 11.9. The van der Waals surface area contributed by atoms with Crippen molar-refractivity contribution in [2.75, 3.05) is 11.4 Å². The Hall–Kier alpha value is -3.00. The number of anilines is 1. The summed E-state index contributed by atoms with van der Waals surface area (Å²) in [6, 6.07) is 9.50. The lowest BCUT2D eigenvalue weighted by Crippen LogP contribution is -2.32. The second-order valence-electron chi connectivity index (χ2n) is 7.61. The molecule has 1 atom stereocenters. The van der Waals surface area contributed by atoms with Crippen LogP contribution in [0.4, 0.5) is 9.80 Å². The highest BCUT2D eigenvalue weighted by atomic mass is 32.2. The predicted molar refractivity (Wildman–Crippen MR) is 123 cm³/mol. The first-order valence-electron chi connectivity index (χ1n) is 9.86. The molecule has 2 aromatic heterocycles. The number of benzene rings is 1. The van der Waals surface area contributed by atoms with E-state index in [2.05, 4.69) is 29.6 Å². The number of hydrogen-bond donors (Lipinski definition) is 0. The lowest BCUT2D eigenvalue weighted by Gasteiger charge is -2.22. The lowest BCUT2D eigenvalue weighted by atomic mass is 9.98. The summed E-state index contributed by atoms with van der Waals surface area (Å²) in [5.41, 5.74) is 2.35. The zero-order chi connectivity index (χ0) is 23.4. The highest BCUT2D eigenvalue weighted by molar-refractivity contribution is 7.81. The van der Waals surface area contributed by atoms with Crippen LogP contribution in [0.15, 0.2) is 36.7 Å². The fourth-order valence-corrected chi connectivity index (χ4v) is 5.36. The van der Waals surface area contributed by atoms with Crippen molar-refractivity contribution in [1.82, 2.24) is 9.55 Å². The Labute approximate surface area is 193 Å². The Bertz CT molecular complexity index is 1190. The molecule has 1 aromatic carbocycles. The Kier molecular flexibility index (Phi) is 7.45. The van der Waals surface area contributed by atoms with E-state index >= 15 is 0 Å². The number of ether oxygens (including phenoxy) is 1. The minimum absolute atomic E-state index is 0.204. The van der Waals surface area contributed by atoms with Gasteiger partial charge < -0.3 is 13.9 Å². The highest BCUT2D eigenvalue weighted by Gasteiger charge is 2.26. The van der Waals surface area contributed by atoms with Gasteiger partial charge in [0.1, 0.15) is 10.8 Å². The van der Waals surface area contributed by atoms with E-state index in [9.17, 15) is 18.8 Å². The van der Waals surface area contributed by atoms with E-state index < -0.39 is 17.4 Å². The second kappa shape index (κ2) is 10.1. The zero-order valence-corrected chi connectivity index (χ0v) is 19.8. The number of methoxy groups -OCH3 is 1. The van der Waals surface area contributed by atoms with Gasteiger partial charge in [0.2, 0.25) is 0 Å². The number of imidazole rings is 1. The van der Waals surface area contributed by atoms with Crippen molar-refractivity contribution in [3.63, 3.8) is 0 Å². The molecule has 0 saturated carbocycles. The fourth-order valence-electron chi connectivity index (χ4n) is 3.36. The number of hydrogen-bond acceptors (Lipinski definition) is 7. The van der Waals surface area contributed by atoms with Crippen molar-refractivity contribution < 1.29 is 18.3 Å². The molecule has 2 heterocycles. The number of nitrogens with zero attached hydrogens (tertiary/aromatic N) is 4. The number of carbonyl (C=O) groups excluding carboxylic acids is 1. The summed E-state index contributed by atoms with van der Waals surface area (Å²) in [5, 5.41) is 10.0. The molecule has 0 spiro atoms. The fraction of sp³-hybridized carbons (Fsp3) is 0.318. The first-order valence-corrected chi connectivity index (χ1v) is 11.7. The molecule has 168 valence electrons. The number of nitriles is 1. The van der Waals surface area contributed by atoms with E-state index in [0.717, 1.165) is 23.4 Å². The van der Waals surface area contributed by atoms with Gasteiger partial charge in [-0.05, 0) is 37.0 Å². The summed E-state index contributed by atoms with van der Waals surface area (Å²) >= 11 is -1.68. The molecular weight excluding hydrogens is 448 g/mol. The van der Waals surface area contributed by atoms with Crippen LogP contribution in [0.5, 0.6) is 0 Å². The van der Waals surface area contributed by atoms with Crippen LogP contribution in [0.2, 0.25) is 0 Å². The van der Waals surface area contributed by atoms with E-state index in [1.165, 1.54) is 11.3 Å². The summed E-state index contributed by atoms with van der Waals surface area (Å²) in [4.78, 5) is 17.3. The summed E-state index contributed by atoms with van der Waals surface area (Å²) in [5.74, 6) is 1.19. The predicted octanol–water partition coefficient (Wildman–Crippen LogP) is 4.41. The van der Waals surface area contributed by atoms with E-state index in [-0.39, 0.29) is 5.00 Å². The summed E-state index contributed by atoms with van der Waals surface area (Å²) in [6.07, 6.45) is 3.27. The van der Waals surface area contributed by atoms with Gasteiger partial charge >= 0.3 is 6.09 Å². The van der Waals surface area contributed by atoms with E-state index in [4.69, 9.17) is 0 Å². The van der Waals surface area contributed by atoms with Crippen molar-refractivity contribution in [1.29, 1.82) is 5.26 Å². The standard InChI is InChI=1S/C22H24N4O4S2/c1-14(2)9-18-11-20(21(31-18)26(32(28)29)22(27)30-4)19-6-5-16(10-17(19)12-23)13-25-8-7-24-15(25)3/h5-8,10-11,14H,9,13H2,1-4H3,(H,28,29)/p-1. The largest absolute Gasteiger partial charge is 0.755 e. The molecule has 1 amide bonds. The van der Waals surface area contributed by atoms with Crippen LogP contribution in [0, 0.1) is 24.2 Å². The molecule has 0 saturated heterocycles. The third-order valence-electron chi connectivity index (χ3n) is 4.82. The molecule has 3 rings (SSSR count). The molecule has 0 bridgehead atoms. The zero-order valence-electron chi connectivity index (χ0n) is 18.2. The molecule has 8 nitrogen and oxygen atoms in total. The molecule has 0 fully saturated rings. The first kappa shape index (κ1) is 23.7. The average Bonchev–Trinajstić information content (AvgIpc) is 3.33. The van der Waals surface area contributed by atoms with Gasteiger partial charge in [-0.15, -0.1) is 11.3 Å². The maximum absolute atomic E-state index is 12.2. The first-order chi connectivity index (χ1) is 15.2. The van der Waals surface area contributed by atoms with Crippen molar-refractivity contribution in [2.24, 2.45) is 5.92 Å². The van der Waals surface area contributed by atoms with Crippen LogP contribution in [0.3, 0.4) is 0 Å². The summed E-state index contributed by atoms with van der Waals surface area (Å²) < 4.78 is 31.0. The van der Waals surface area contributed by atoms with Crippen LogP contribution in [-0.4, -0.2) is 31.5 Å². The van der Waals surface area contributed by atoms with Crippen molar-refractivity contribution in [2.45, 2.75) is 33.7 Å². The number of aryl methyl sites for hydroxylation is 1. The Balaban J connectivity index is 2.12. The van der Waals surface area contributed by atoms with Gasteiger partial charge in [-0.3, -0.25) is 4.21 Å². The number of rotatable bonds is 7. The topological polar surface area (TPSA) is 111 Å². The number of thiophene rings is 1. The van der Waals surface area contributed by atoms with Crippen molar-refractivity contribution >= 4 is 33.7 Å². The minimum Gasteiger partial charge on any atom is -0.755 e. The van der Waals surface area contributed by atoms with Crippen LogP contribution in [0.25, 0.3) is 11.1 Å². The lowest BCUT2D eigenvalue weighted by molar-refractivity contribution is 0.183. The second-order valence-corrected chi connectivity index (χ2v) is 9.52. The number of amides is 1. The Morgan fingerprint density at radius 1 is 1.38 bits per heavy atom. The molecule has 0 aliphatic rings. The number of carbonyl (C=O) groups is 1. The van der Waals surface area contributed by atoms with Gasteiger partial charge in [0.05, 0.1) is 30.0 Å². The highest BCUT2D eigenvalue weighted by Crippen LogP contribution is 2.42. The smallest absolute Gasteiger partial charge is 0.426 e. The Morgan fingerprint density at radius 3 is 2.69 bits per heavy atom. The maximum Gasteiger partial charge on any atom is 0.426 e. The number of aromatic nitrogens is 2.